The largest absolute Gasteiger partial charge is 0.381 e. The predicted molar refractivity (Wildman–Crippen MR) is 90.8 cm³/mol. The molecule has 2 atom stereocenters. The first-order valence-electron chi connectivity index (χ1n) is 7.79. The zero-order valence-electron chi connectivity index (χ0n) is 13.7. The summed E-state index contributed by atoms with van der Waals surface area (Å²) in [5, 5.41) is 15.6. The molecular weight excluding hydrogens is 347 g/mol. The molecule has 7 nitrogen and oxygen atoms in total. The van der Waals surface area contributed by atoms with Gasteiger partial charge in [-0.2, -0.15) is 0 Å². The van der Waals surface area contributed by atoms with E-state index in [4.69, 9.17) is 9.57 Å². The summed E-state index contributed by atoms with van der Waals surface area (Å²) in [5.41, 5.74) is 1.33. The van der Waals surface area contributed by atoms with Crippen molar-refractivity contribution in [3.8, 4) is 0 Å². The zero-order chi connectivity index (χ0) is 17.8. The highest BCUT2D eigenvalue weighted by atomic mass is 32.1. The Labute approximate surface area is 147 Å². The average molecular weight is 364 g/mol. The van der Waals surface area contributed by atoms with Crippen LogP contribution in [0, 0.1) is 11.7 Å². The SMILES string of the molecule is CCOCc1nnc(NC(=O)[C@@H]2ON=C(c3ccc(F)cc3)[C@H]2C)s1. The van der Waals surface area contributed by atoms with E-state index >= 15 is 0 Å². The van der Waals surface area contributed by atoms with Crippen LogP contribution < -0.4 is 5.32 Å². The third-order valence-electron chi connectivity index (χ3n) is 3.68. The topological polar surface area (TPSA) is 85.7 Å². The van der Waals surface area contributed by atoms with Crippen molar-refractivity contribution in [3.63, 3.8) is 0 Å². The van der Waals surface area contributed by atoms with Gasteiger partial charge in [0.1, 0.15) is 17.4 Å². The number of benzene rings is 1. The van der Waals surface area contributed by atoms with Crippen molar-refractivity contribution >= 4 is 28.1 Å². The van der Waals surface area contributed by atoms with Crippen LogP contribution in [0.4, 0.5) is 9.52 Å². The first kappa shape index (κ1) is 17.4. The molecule has 1 aliphatic heterocycles. The van der Waals surface area contributed by atoms with E-state index in [9.17, 15) is 9.18 Å². The van der Waals surface area contributed by atoms with Gasteiger partial charge in [-0.1, -0.05) is 35.5 Å². The second-order valence-electron chi connectivity index (χ2n) is 5.43. The minimum Gasteiger partial charge on any atom is -0.381 e. The standard InChI is InChI=1S/C16H17FN4O3S/c1-3-23-8-12-19-20-16(25-12)18-15(22)14-9(2)13(21-24-14)10-4-6-11(17)7-5-10/h4-7,9,14H,3,8H2,1-2H3,(H,18,20,22)/t9-,14-/m1/s1. The van der Waals surface area contributed by atoms with Crippen molar-refractivity contribution in [2.75, 3.05) is 11.9 Å². The van der Waals surface area contributed by atoms with Crippen LogP contribution in [-0.2, 0) is 21.0 Å². The molecule has 0 unspecified atom stereocenters. The molecule has 2 aromatic rings. The second kappa shape index (κ2) is 7.66. The fraction of sp³-hybridized carbons (Fsp3) is 0.375. The van der Waals surface area contributed by atoms with Gasteiger partial charge in [-0.05, 0) is 24.6 Å². The molecule has 1 amide bonds. The van der Waals surface area contributed by atoms with Crippen LogP contribution in [0.25, 0.3) is 0 Å². The van der Waals surface area contributed by atoms with Gasteiger partial charge in [0, 0.05) is 6.61 Å². The number of ether oxygens (including phenoxy) is 1. The molecule has 9 heteroatoms. The van der Waals surface area contributed by atoms with E-state index in [0.717, 1.165) is 5.56 Å². The Morgan fingerprint density at radius 1 is 1.36 bits per heavy atom. The molecule has 0 spiro atoms. The Balaban J connectivity index is 1.62. The third-order valence-corrected chi connectivity index (χ3v) is 4.49. The van der Waals surface area contributed by atoms with Gasteiger partial charge in [0.2, 0.25) is 11.2 Å². The second-order valence-corrected chi connectivity index (χ2v) is 6.49. The van der Waals surface area contributed by atoms with Gasteiger partial charge in [-0.3, -0.25) is 10.1 Å². The summed E-state index contributed by atoms with van der Waals surface area (Å²) in [5.74, 6) is -0.960. The van der Waals surface area contributed by atoms with Crippen LogP contribution >= 0.6 is 11.3 Å². The molecular formula is C16H17FN4O3S. The molecule has 132 valence electrons. The number of anilines is 1. The van der Waals surface area contributed by atoms with Crippen molar-refractivity contribution in [2.24, 2.45) is 11.1 Å². The number of rotatable bonds is 6. The normalized spacial score (nSPS) is 19.4. The van der Waals surface area contributed by atoms with Crippen LogP contribution in [0.15, 0.2) is 29.4 Å². The number of amides is 1. The maximum Gasteiger partial charge on any atom is 0.270 e. The van der Waals surface area contributed by atoms with Crippen molar-refractivity contribution in [1.29, 1.82) is 0 Å². The van der Waals surface area contributed by atoms with Gasteiger partial charge in [0.05, 0.1) is 11.6 Å². The Morgan fingerprint density at radius 3 is 2.84 bits per heavy atom. The lowest BCUT2D eigenvalue weighted by molar-refractivity contribution is -0.127. The quantitative estimate of drug-likeness (QED) is 0.851. The lowest BCUT2D eigenvalue weighted by atomic mass is 9.94. The van der Waals surface area contributed by atoms with Crippen LogP contribution in [0.1, 0.15) is 24.4 Å². The number of hydrogen-bond donors (Lipinski definition) is 1. The number of carbonyl (C=O) groups is 1. The fourth-order valence-corrected chi connectivity index (χ4v) is 3.05. The highest BCUT2D eigenvalue weighted by molar-refractivity contribution is 7.15. The van der Waals surface area contributed by atoms with E-state index in [-0.39, 0.29) is 17.6 Å². The number of nitrogens with one attached hydrogen (secondary N) is 1. The third kappa shape index (κ3) is 3.99. The molecule has 1 aliphatic rings. The maximum atomic E-state index is 13.0. The summed E-state index contributed by atoms with van der Waals surface area (Å²) < 4.78 is 18.3. The Bertz CT molecular complexity index is 778. The van der Waals surface area contributed by atoms with Crippen LogP contribution in [-0.4, -0.2) is 34.5 Å². The van der Waals surface area contributed by atoms with Crippen molar-refractivity contribution in [1.82, 2.24) is 10.2 Å². The molecule has 2 heterocycles. The molecule has 3 rings (SSSR count). The van der Waals surface area contributed by atoms with Gasteiger partial charge in [-0.15, -0.1) is 10.2 Å². The fourth-order valence-electron chi connectivity index (χ4n) is 2.37. The molecule has 0 saturated carbocycles. The van der Waals surface area contributed by atoms with Crippen molar-refractivity contribution < 1.29 is 18.8 Å². The van der Waals surface area contributed by atoms with E-state index in [0.29, 0.717) is 29.1 Å². The summed E-state index contributed by atoms with van der Waals surface area (Å²) in [7, 11) is 0. The highest BCUT2D eigenvalue weighted by Crippen LogP contribution is 2.25. The molecule has 1 aromatic heterocycles. The Morgan fingerprint density at radius 2 is 2.12 bits per heavy atom. The highest BCUT2D eigenvalue weighted by Gasteiger charge is 2.37. The number of oxime groups is 1. The monoisotopic (exact) mass is 364 g/mol. The smallest absolute Gasteiger partial charge is 0.270 e. The first-order chi connectivity index (χ1) is 12.1. The van der Waals surface area contributed by atoms with Crippen LogP contribution in [0.3, 0.4) is 0 Å². The molecule has 1 N–H and O–H groups in total. The van der Waals surface area contributed by atoms with E-state index in [1.165, 1.54) is 23.5 Å². The van der Waals surface area contributed by atoms with Gasteiger partial charge < -0.3 is 9.57 Å². The van der Waals surface area contributed by atoms with Crippen molar-refractivity contribution in [3.05, 3.63) is 40.7 Å². The Kier molecular flexibility index (Phi) is 5.34. The molecule has 25 heavy (non-hydrogen) atoms. The summed E-state index contributed by atoms with van der Waals surface area (Å²) in [6, 6.07) is 5.91. The molecule has 1 aromatic carbocycles. The predicted octanol–water partition coefficient (Wildman–Crippen LogP) is 2.59. The lowest BCUT2D eigenvalue weighted by Gasteiger charge is -2.13. The van der Waals surface area contributed by atoms with Gasteiger partial charge in [-0.25, -0.2) is 4.39 Å². The van der Waals surface area contributed by atoms with E-state index < -0.39 is 6.10 Å². The molecule has 0 radical (unpaired) electrons. The maximum absolute atomic E-state index is 13.0. The molecule has 0 bridgehead atoms. The number of nitrogens with zero attached hydrogens (tertiary/aromatic N) is 3. The number of aromatic nitrogens is 2. The summed E-state index contributed by atoms with van der Waals surface area (Å²) in [4.78, 5) is 17.7. The molecule has 0 fully saturated rings. The average Bonchev–Trinajstić information content (AvgIpc) is 3.20. The minimum atomic E-state index is -0.778. The summed E-state index contributed by atoms with van der Waals surface area (Å²) in [6.07, 6.45) is -0.778. The van der Waals surface area contributed by atoms with E-state index in [1.54, 1.807) is 12.1 Å². The number of carbonyl (C=O) groups excluding carboxylic acids is 1. The Hall–Kier alpha value is -2.39. The number of halogens is 1. The van der Waals surface area contributed by atoms with Gasteiger partial charge in [0.15, 0.2) is 0 Å². The van der Waals surface area contributed by atoms with Crippen molar-refractivity contribution in [2.45, 2.75) is 26.6 Å². The zero-order valence-corrected chi connectivity index (χ0v) is 14.5. The van der Waals surface area contributed by atoms with E-state index in [2.05, 4.69) is 20.7 Å². The van der Waals surface area contributed by atoms with Gasteiger partial charge in [0.25, 0.3) is 5.91 Å². The van der Waals surface area contributed by atoms with Crippen LogP contribution in [0.2, 0.25) is 0 Å². The summed E-state index contributed by atoms with van der Waals surface area (Å²) >= 11 is 1.25. The molecule has 0 aliphatic carbocycles. The lowest BCUT2D eigenvalue weighted by Crippen LogP contribution is -2.34. The summed E-state index contributed by atoms with van der Waals surface area (Å²) in [6.45, 7) is 4.66. The first-order valence-corrected chi connectivity index (χ1v) is 8.60. The molecule has 0 saturated heterocycles. The minimum absolute atomic E-state index is 0.277. The van der Waals surface area contributed by atoms with E-state index in [1.807, 2.05) is 13.8 Å². The van der Waals surface area contributed by atoms with Gasteiger partial charge >= 0.3 is 0 Å². The van der Waals surface area contributed by atoms with Crippen LogP contribution in [0.5, 0.6) is 0 Å². The number of hydrogen-bond acceptors (Lipinski definition) is 7.